The average Bonchev–Trinajstić information content (AvgIpc) is 2.41. The lowest BCUT2D eigenvalue weighted by Gasteiger charge is -2.40. The molecule has 4 nitrogen and oxygen atoms in total. The molecular formula is C14H21ClN2O2. The Bertz CT molecular complexity index is 441. The van der Waals surface area contributed by atoms with E-state index < -0.39 is 6.10 Å². The van der Waals surface area contributed by atoms with Crippen molar-refractivity contribution in [3.63, 3.8) is 0 Å². The van der Waals surface area contributed by atoms with Gasteiger partial charge in [0.25, 0.3) is 0 Å². The molecule has 19 heavy (non-hydrogen) atoms. The average molecular weight is 285 g/mol. The molecule has 0 bridgehead atoms. The second-order valence-electron chi connectivity index (χ2n) is 5.15. The summed E-state index contributed by atoms with van der Waals surface area (Å²) in [5.41, 5.74) is 0.841. The van der Waals surface area contributed by atoms with Crippen molar-refractivity contribution >= 4 is 11.6 Å². The molecule has 0 radical (unpaired) electrons. The Kier molecular flexibility index (Phi) is 4.68. The lowest BCUT2D eigenvalue weighted by molar-refractivity contribution is 0.0137. The van der Waals surface area contributed by atoms with E-state index in [1.807, 2.05) is 19.2 Å². The Balaban J connectivity index is 2.20. The zero-order chi connectivity index (χ0) is 14.0. The molecule has 1 heterocycles. The summed E-state index contributed by atoms with van der Waals surface area (Å²) in [6.07, 6.45) is -0.543. The molecular weight excluding hydrogens is 264 g/mol. The van der Waals surface area contributed by atoms with E-state index in [9.17, 15) is 5.11 Å². The van der Waals surface area contributed by atoms with Crippen LogP contribution in [-0.2, 0) is 0 Å². The maximum absolute atomic E-state index is 10.6. The van der Waals surface area contributed by atoms with Gasteiger partial charge in [-0.25, -0.2) is 0 Å². The normalized spacial score (nSPS) is 23.3. The minimum atomic E-state index is -0.543. The summed E-state index contributed by atoms with van der Waals surface area (Å²) in [6, 6.07) is 5.53. The molecule has 1 fully saturated rings. The Labute approximate surface area is 119 Å². The van der Waals surface area contributed by atoms with Crippen LogP contribution in [0.3, 0.4) is 0 Å². The van der Waals surface area contributed by atoms with Crippen LogP contribution in [0.15, 0.2) is 18.2 Å². The highest BCUT2D eigenvalue weighted by Crippen LogP contribution is 2.30. The van der Waals surface area contributed by atoms with Crippen molar-refractivity contribution in [2.45, 2.75) is 12.1 Å². The van der Waals surface area contributed by atoms with Crippen LogP contribution in [0.1, 0.15) is 11.7 Å². The van der Waals surface area contributed by atoms with Crippen LogP contribution in [0.25, 0.3) is 0 Å². The first-order valence-electron chi connectivity index (χ1n) is 6.43. The van der Waals surface area contributed by atoms with E-state index in [4.69, 9.17) is 16.3 Å². The molecule has 0 aromatic heterocycles. The minimum Gasteiger partial charge on any atom is -0.495 e. The highest BCUT2D eigenvalue weighted by atomic mass is 35.5. The topological polar surface area (TPSA) is 35.9 Å². The molecule has 1 aliphatic heterocycles. The Morgan fingerprint density at radius 2 is 2.11 bits per heavy atom. The van der Waals surface area contributed by atoms with Gasteiger partial charge in [-0.1, -0.05) is 17.7 Å². The number of rotatable bonds is 3. The number of halogens is 1. The molecule has 1 aromatic rings. The summed E-state index contributed by atoms with van der Waals surface area (Å²) >= 11 is 6.01. The predicted molar refractivity (Wildman–Crippen MR) is 76.9 cm³/mol. The number of methoxy groups -OCH3 is 1. The van der Waals surface area contributed by atoms with Gasteiger partial charge in [0.15, 0.2) is 0 Å². The molecule has 2 unspecified atom stereocenters. The third-order valence-electron chi connectivity index (χ3n) is 3.78. The van der Waals surface area contributed by atoms with E-state index >= 15 is 0 Å². The van der Waals surface area contributed by atoms with Crippen LogP contribution in [0.5, 0.6) is 5.75 Å². The molecule has 1 saturated heterocycles. The molecule has 106 valence electrons. The Morgan fingerprint density at radius 1 is 1.37 bits per heavy atom. The van der Waals surface area contributed by atoms with Gasteiger partial charge in [-0.3, -0.25) is 4.90 Å². The van der Waals surface area contributed by atoms with Crippen molar-refractivity contribution in [3.8, 4) is 5.75 Å². The zero-order valence-corrected chi connectivity index (χ0v) is 12.4. The largest absolute Gasteiger partial charge is 0.495 e. The summed E-state index contributed by atoms with van der Waals surface area (Å²) in [5, 5.41) is 11.1. The molecule has 2 rings (SSSR count). The first-order chi connectivity index (χ1) is 9.02. The predicted octanol–water partition coefficient (Wildman–Crippen LogP) is 1.63. The van der Waals surface area contributed by atoms with E-state index in [2.05, 4.69) is 16.8 Å². The Hall–Kier alpha value is -0.810. The van der Waals surface area contributed by atoms with Gasteiger partial charge in [0.1, 0.15) is 5.75 Å². The van der Waals surface area contributed by atoms with Crippen LogP contribution in [0.4, 0.5) is 0 Å². The third-order valence-corrected chi connectivity index (χ3v) is 4.09. The van der Waals surface area contributed by atoms with Crippen molar-refractivity contribution in [1.82, 2.24) is 9.80 Å². The molecule has 1 aliphatic rings. The van der Waals surface area contributed by atoms with Crippen LogP contribution < -0.4 is 4.74 Å². The first kappa shape index (κ1) is 14.6. The fraction of sp³-hybridized carbons (Fsp3) is 0.571. The number of hydrogen-bond donors (Lipinski definition) is 1. The summed E-state index contributed by atoms with van der Waals surface area (Å²) < 4.78 is 5.20. The fourth-order valence-corrected chi connectivity index (χ4v) is 2.66. The second kappa shape index (κ2) is 6.09. The van der Waals surface area contributed by atoms with Gasteiger partial charge in [-0.05, 0) is 31.8 Å². The summed E-state index contributed by atoms with van der Waals surface area (Å²) in [6.45, 7) is 2.84. The maximum Gasteiger partial charge on any atom is 0.137 e. The van der Waals surface area contributed by atoms with Crippen molar-refractivity contribution < 1.29 is 9.84 Å². The molecule has 1 aromatic carbocycles. The van der Waals surface area contributed by atoms with Gasteiger partial charge in [0.2, 0.25) is 0 Å². The fourth-order valence-electron chi connectivity index (χ4n) is 2.47. The van der Waals surface area contributed by atoms with E-state index in [1.54, 1.807) is 13.2 Å². The van der Waals surface area contributed by atoms with E-state index in [0.29, 0.717) is 10.8 Å². The number of piperazine rings is 1. The SMILES string of the molecule is COc1cc(C(O)C2CN(C)CCN2C)ccc1Cl. The van der Waals surface area contributed by atoms with Gasteiger partial charge in [0, 0.05) is 19.6 Å². The second-order valence-corrected chi connectivity index (χ2v) is 5.56. The van der Waals surface area contributed by atoms with E-state index in [-0.39, 0.29) is 6.04 Å². The van der Waals surface area contributed by atoms with E-state index in [0.717, 1.165) is 25.2 Å². The molecule has 1 N–H and O–H groups in total. The number of hydrogen-bond acceptors (Lipinski definition) is 4. The molecule has 5 heteroatoms. The summed E-state index contributed by atoms with van der Waals surface area (Å²) in [7, 11) is 5.71. The number of aliphatic hydroxyl groups is 1. The van der Waals surface area contributed by atoms with Gasteiger partial charge in [0.05, 0.1) is 24.3 Å². The molecule has 2 atom stereocenters. The Morgan fingerprint density at radius 3 is 2.79 bits per heavy atom. The number of aliphatic hydroxyl groups excluding tert-OH is 1. The highest BCUT2D eigenvalue weighted by Gasteiger charge is 2.29. The molecule has 0 spiro atoms. The maximum atomic E-state index is 10.6. The zero-order valence-electron chi connectivity index (χ0n) is 11.6. The van der Waals surface area contributed by atoms with Gasteiger partial charge < -0.3 is 14.7 Å². The number of benzene rings is 1. The number of likely N-dealkylation sites (N-methyl/N-ethyl adjacent to an activating group) is 2. The van der Waals surface area contributed by atoms with Gasteiger partial charge >= 0.3 is 0 Å². The first-order valence-corrected chi connectivity index (χ1v) is 6.81. The van der Waals surface area contributed by atoms with Crippen molar-refractivity contribution in [2.75, 3.05) is 40.8 Å². The third kappa shape index (κ3) is 3.20. The standard InChI is InChI=1S/C14H21ClN2O2/c1-16-6-7-17(2)12(9-16)14(18)10-4-5-11(15)13(8-10)19-3/h4-5,8,12,14,18H,6-7,9H2,1-3H3. The lowest BCUT2D eigenvalue weighted by atomic mass is 9.99. The number of nitrogens with zero attached hydrogens (tertiary/aromatic N) is 2. The number of ether oxygens (including phenoxy) is 1. The van der Waals surface area contributed by atoms with Crippen LogP contribution in [-0.4, -0.2) is 61.8 Å². The molecule has 0 aliphatic carbocycles. The van der Waals surface area contributed by atoms with Crippen molar-refractivity contribution in [3.05, 3.63) is 28.8 Å². The summed E-state index contributed by atoms with van der Waals surface area (Å²) in [5.74, 6) is 0.602. The van der Waals surface area contributed by atoms with Crippen molar-refractivity contribution in [2.24, 2.45) is 0 Å². The lowest BCUT2D eigenvalue weighted by Crippen LogP contribution is -2.52. The smallest absolute Gasteiger partial charge is 0.137 e. The van der Waals surface area contributed by atoms with E-state index in [1.165, 1.54) is 0 Å². The quantitative estimate of drug-likeness (QED) is 0.915. The highest BCUT2D eigenvalue weighted by molar-refractivity contribution is 6.32. The minimum absolute atomic E-state index is 0.0876. The van der Waals surface area contributed by atoms with Gasteiger partial charge in [-0.2, -0.15) is 0 Å². The van der Waals surface area contributed by atoms with Crippen molar-refractivity contribution in [1.29, 1.82) is 0 Å². The van der Waals surface area contributed by atoms with Gasteiger partial charge in [-0.15, -0.1) is 0 Å². The van der Waals surface area contributed by atoms with Crippen LogP contribution >= 0.6 is 11.6 Å². The van der Waals surface area contributed by atoms with Crippen LogP contribution in [0.2, 0.25) is 5.02 Å². The molecule has 0 saturated carbocycles. The monoisotopic (exact) mass is 284 g/mol. The molecule has 0 amide bonds. The van der Waals surface area contributed by atoms with Crippen LogP contribution in [0, 0.1) is 0 Å². The summed E-state index contributed by atoms with van der Waals surface area (Å²) in [4.78, 5) is 4.44.